The Labute approximate surface area is 105 Å². The summed E-state index contributed by atoms with van der Waals surface area (Å²) in [6, 6.07) is 3.50. The van der Waals surface area contributed by atoms with Crippen molar-refractivity contribution in [3.8, 4) is 0 Å². The van der Waals surface area contributed by atoms with Crippen LogP contribution in [0.4, 0.5) is 8.78 Å². The van der Waals surface area contributed by atoms with E-state index in [4.69, 9.17) is 4.74 Å². The first kappa shape index (κ1) is 13.4. The minimum Gasteiger partial charge on any atom is -0.388 e. The second-order valence-corrected chi connectivity index (χ2v) is 4.68. The molecule has 1 aliphatic rings. The predicted molar refractivity (Wildman–Crippen MR) is 63.1 cm³/mol. The Hall–Kier alpha value is -1.04. The van der Waals surface area contributed by atoms with Crippen LogP contribution in [0, 0.1) is 11.6 Å². The lowest BCUT2D eigenvalue weighted by molar-refractivity contribution is -0.0617. The molecule has 1 saturated heterocycles. The molecule has 5 heteroatoms. The third-order valence-electron chi connectivity index (χ3n) is 3.21. The van der Waals surface area contributed by atoms with Gasteiger partial charge in [-0.25, -0.2) is 8.78 Å². The van der Waals surface area contributed by atoms with E-state index < -0.39 is 17.2 Å². The van der Waals surface area contributed by atoms with Gasteiger partial charge in [0.1, 0.15) is 11.6 Å². The molecule has 0 radical (unpaired) electrons. The Kier molecular flexibility index (Phi) is 4.27. The van der Waals surface area contributed by atoms with Crippen molar-refractivity contribution >= 4 is 0 Å². The third-order valence-corrected chi connectivity index (χ3v) is 3.21. The molecule has 18 heavy (non-hydrogen) atoms. The summed E-state index contributed by atoms with van der Waals surface area (Å²) in [6.07, 6.45) is 1.15. The summed E-state index contributed by atoms with van der Waals surface area (Å²) in [5.41, 5.74) is -0.388. The molecule has 0 saturated carbocycles. The van der Waals surface area contributed by atoms with Crippen molar-refractivity contribution in [1.29, 1.82) is 0 Å². The summed E-state index contributed by atoms with van der Waals surface area (Å²) in [5.74, 6) is -1.15. The van der Waals surface area contributed by atoms with Gasteiger partial charge in [-0.2, -0.15) is 0 Å². The molecule has 1 fully saturated rings. The summed E-state index contributed by atoms with van der Waals surface area (Å²) < 4.78 is 31.2. The number of hydrogen-bond donors (Lipinski definition) is 2. The van der Waals surface area contributed by atoms with Crippen LogP contribution in [-0.4, -0.2) is 30.5 Å². The fraction of sp³-hybridized carbons (Fsp3) is 0.538. The van der Waals surface area contributed by atoms with Crippen LogP contribution in [0.3, 0.4) is 0 Å². The fourth-order valence-corrected chi connectivity index (χ4v) is 2.02. The van der Waals surface area contributed by atoms with E-state index in [1.165, 1.54) is 12.1 Å². The first-order chi connectivity index (χ1) is 8.59. The molecule has 0 aliphatic carbocycles. The van der Waals surface area contributed by atoms with Crippen LogP contribution >= 0.6 is 0 Å². The Morgan fingerprint density at radius 2 is 2.00 bits per heavy atom. The van der Waals surface area contributed by atoms with E-state index in [0.717, 1.165) is 6.07 Å². The molecule has 3 nitrogen and oxygen atoms in total. The van der Waals surface area contributed by atoms with E-state index in [1.807, 2.05) is 0 Å². The molecule has 100 valence electrons. The smallest absolute Gasteiger partial charge is 0.130 e. The number of benzene rings is 1. The highest BCUT2D eigenvalue weighted by Crippen LogP contribution is 2.19. The molecule has 1 aromatic carbocycles. The zero-order chi connectivity index (χ0) is 13.0. The zero-order valence-electron chi connectivity index (χ0n) is 10.1. The van der Waals surface area contributed by atoms with Crippen LogP contribution in [-0.2, 0) is 11.3 Å². The maximum Gasteiger partial charge on any atom is 0.130 e. The monoisotopic (exact) mass is 257 g/mol. The molecular weight excluding hydrogens is 240 g/mol. The van der Waals surface area contributed by atoms with Gasteiger partial charge in [-0.05, 0) is 6.07 Å². The van der Waals surface area contributed by atoms with Gasteiger partial charge in [0, 0.05) is 50.8 Å². The third kappa shape index (κ3) is 3.48. The Morgan fingerprint density at radius 3 is 2.67 bits per heavy atom. The first-order valence-corrected chi connectivity index (χ1v) is 6.04. The molecule has 1 aliphatic heterocycles. The van der Waals surface area contributed by atoms with Gasteiger partial charge in [0.05, 0.1) is 5.60 Å². The number of nitrogens with one attached hydrogen (secondary N) is 1. The molecule has 0 unspecified atom stereocenters. The molecule has 0 amide bonds. The average molecular weight is 257 g/mol. The highest BCUT2D eigenvalue weighted by Gasteiger charge is 2.29. The van der Waals surface area contributed by atoms with Crippen LogP contribution in [0.25, 0.3) is 0 Å². The molecule has 0 spiro atoms. The van der Waals surface area contributed by atoms with E-state index in [0.29, 0.717) is 38.2 Å². The fourth-order valence-electron chi connectivity index (χ4n) is 2.02. The van der Waals surface area contributed by atoms with E-state index >= 15 is 0 Å². The van der Waals surface area contributed by atoms with Gasteiger partial charge in [0.25, 0.3) is 0 Å². The van der Waals surface area contributed by atoms with Crippen molar-refractivity contribution in [1.82, 2.24) is 5.32 Å². The predicted octanol–water partition coefficient (Wildman–Crippen LogP) is 1.60. The average Bonchev–Trinajstić information content (AvgIpc) is 2.33. The molecule has 1 aromatic rings. The van der Waals surface area contributed by atoms with E-state index in [9.17, 15) is 13.9 Å². The largest absolute Gasteiger partial charge is 0.388 e. The molecule has 0 bridgehead atoms. The molecule has 2 rings (SSSR count). The molecule has 1 heterocycles. The number of hydrogen-bond acceptors (Lipinski definition) is 3. The molecular formula is C13H17F2NO2. The van der Waals surface area contributed by atoms with Gasteiger partial charge in [-0.1, -0.05) is 6.07 Å². The van der Waals surface area contributed by atoms with Crippen LogP contribution < -0.4 is 5.32 Å². The Bertz CT molecular complexity index is 406. The minimum absolute atomic E-state index is 0.273. The van der Waals surface area contributed by atoms with Crippen molar-refractivity contribution in [2.45, 2.75) is 25.0 Å². The lowest BCUT2D eigenvalue weighted by Crippen LogP contribution is -2.44. The maximum atomic E-state index is 13.3. The van der Waals surface area contributed by atoms with Gasteiger partial charge in [0.15, 0.2) is 0 Å². The standard InChI is InChI=1S/C13H17F2NO2/c14-11-2-1-10(12(15)7-11)8-16-9-13(17)3-5-18-6-4-13/h1-2,7,16-17H,3-6,8-9H2. The Balaban J connectivity index is 1.84. The Morgan fingerprint density at radius 1 is 1.28 bits per heavy atom. The summed E-state index contributed by atoms with van der Waals surface area (Å²) in [5, 5.41) is 13.2. The minimum atomic E-state index is -0.783. The number of aliphatic hydroxyl groups is 1. The van der Waals surface area contributed by atoms with Crippen LogP contribution in [0.1, 0.15) is 18.4 Å². The topological polar surface area (TPSA) is 41.5 Å². The van der Waals surface area contributed by atoms with Gasteiger partial charge in [-0.15, -0.1) is 0 Å². The summed E-state index contributed by atoms with van der Waals surface area (Å²) in [6.45, 7) is 1.74. The van der Waals surface area contributed by atoms with Crippen molar-refractivity contribution in [2.75, 3.05) is 19.8 Å². The maximum absolute atomic E-state index is 13.3. The van der Waals surface area contributed by atoms with Gasteiger partial charge >= 0.3 is 0 Å². The molecule has 0 aromatic heterocycles. The van der Waals surface area contributed by atoms with Crippen molar-refractivity contribution < 1.29 is 18.6 Å². The van der Waals surface area contributed by atoms with Crippen molar-refractivity contribution in [3.63, 3.8) is 0 Å². The van der Waals surface area contributed by atoms with E-state index in [2.05, 4.69) is 5.32 Å². The highest BCUT2D eigenvalue weighted by molar-refractivity contribution is 5.18. The zero-order valence-corrected chi connectivity index (χ0v) is 10.1. The van der Waals surface area contributed by atoms with Gasteiger partial charge in [0.2, 0.25) is 0 Å². The molecule has 2 N–H and O–H groups in total. The second-order valence-electron chi connectivity index (χ2n) is 4.68. The number of ether oxygens (including phenoxy) is 1. The van der Waals surface area contributed by atoms with Crippen molar-refractivity contribution in [3.05, 3.63) is 35.4 Å². The molecule has 0 atom stereocenters. The van der Waals surface area contributed by atoms with Crippen LogP contribution in [0.2, 0.25) is 0 Å². The number of halogens is 2. The van der Waals surface area contributed by atoms with Crippen LogP contribution in [0.5, 0.6) is 0 Å². The lowest BCUT2D eigenvalue weighted by atomic mass is 9.94. The normalized spacial score (nSPS) is 18.8. The van der Waals surface area contributed by atoms with E-state index in [-0.39, 0.29) is 6.54 Å². The van der Waals surface area contributed by atoms with Gasteiger partial charge < -0.3 is 15.2 Å². The summed E-state index contributed by atoms with van der Waals surface area (Å²) in [7, 11) is 0. The SMILES string of the molecule is OC1(CNCc2ccc(F)cc2F)CCOCC1. The van der Waals surface area contributed by atoms with Crippen LogP contribution in [0.15, 0.2) is 18.2 Å². The number of rotatable bonds is 4. The first-order valence-electron chi connectivity index (χ1n) is 6.04. The summed E-state index contributed by atoms with van der Waals surface area (Å²) in [4.78, 5) is 0. The van der Waals surface area contributed by atoms with Gasteiger partial charge in [-0.3, -0.25) is 0 Å². The second kappa shape index (κ2) is 5.73. The van der Waals surface area contributed by atoms with Crippen molar-refractivity contribution in [2.24, 2.45) is 0 Å². The quantitative estimate of drug-likeness (QED) is 0.860. The summed E-state index contributed by atoms with van der Waals surface area (Å²) >= 11 is 0. The lowest BCUT2D eigenvalue weighted by Gasteiger charge is -2.32. The van der Waals surface area contributed by atoms with E-state index in [1.54, 1.807) is 0 Å². The highest BCUT2D eigenvalue weighted by atomic mass is 19.1.